The molecular weight excluding hydrogens is 383 g/mol. The van der Waals surface area contributed by atoms with E-state index >= 15 is 0 Å². The lowest BCUT2D eigenvalue weighted by Gasteiger charge is -2.47. The summed E-state index contributed by atoms with van der Waals surface area (Å²) in [6.45, 7) is 5.27. The molecule has 1 aromatic heterocycles. The molecule has 0 atom stereocenters. The number of nitrogens with zero attached hydrogens (tertiary/aromatic N) is 3. The number of amides is 1. The van der Waals surface area contributed by atoms with Gasteiger partial charge in [0.2, 0.25) is 0 Å². The molecule has 1 fully saturated rings. The van der Waals surface area contributed by atoms with Crippen molar-refractivity contribution in [1.82, 2.24) is 14.7 Å². The molecule has 1 aromatic carbocycles. The number of halogens is 1. The Hall–Kier alpha value is -2.81. The molecule has 0 spiro atoms. The molecule has 0 unspecified atom stereocenters. The van der Waals surface area contributed by atoms with Crippen molar-refractivity contribution in [3.05, 3.63) is 54.0 Å². The van der Waals surface area contributed by atoms with Gasteiger partial charge in [0.15, 0.2) is 5.82 Å². The van der Waals surface area contributed by atoms with Gasteiger partial charge in [0.25, 0.3) is 15.9 Å². The molecule has 9 heteroatoms. The molecule has 148 valence electrons. The van der Waals surface area contributed by atoms with E-state index in [9.17, 15) is 17.6 Å². The van der Waals surface area contributed by atoms with Crippen LogP contribution in [0.4, 0.5) is 10.2 Å². The normalized spacial score (nSPS) is 15.4. The first-order valence-electron chi connectivity index (χ1n) is 8.72. The molecule has 28 heavy (non-hydrogen) atoms. The third-order valence-electron chi connectivity index (χ3n) is 5.12. The maximum Gasteiger partial charge on any atom is 0.285 e. The van der Waals surface area contributed by atoms with Gasteiger partial charge in [-0.3, -0.25) is 4.79 Å². The Labute approximate surface area is 163 Å². The highest BCUT2D eigenvalue weighted by atomic mass is 32.2. The predicted molar refractivity (Wildman–Crippen MR) is 105 cm³/mol. The standard InChI is InChI=1S/C19H21FN4O3S/c1-4-28(26,27)23-18(25)15-12-21-17(24(3)19(2)10-5-11-19)16(22-15)13-6-8-14(20)9-7-13/h4,6-9,12H,1,5,10-11H2,2-3H3,(H,23,25). The highest BCUT2D eigenvalue weighted by molar-refractivity contribution is 7.92. The summed E-state index contributed by atoms with van der Waals surface area (Å²) in [5.74, 6) is -0.778. The largest absolute Gasteiger partial charge is 0.352 e. The van der Waals surface area contributed by atoms with Crippen molar-refractivity contribution in [3.63, 3.8) is 0 Å². The highest BCUT2D eigenvalue weighted by Gasteiger charge is 2.38. The van der Waals surface area contributed by atoms with Gasteiger partial charge in [0, 0.05) is 23.6 Å². The second kappa shape index (κ2) is 7.31. The molecule has 7 nitrogen and oxygen atoms in total. The number of sulfonamides is 1. The Bertz CT molecular complexity index is 1020. The van der Waals surface area contributed by atoms with Gasteiger partial charge in [-0.15, -0.1) is 0 Å². The number of carbonyl (C=O) groups is 1. The third-order valence-corrected chi connectivity index (χ3v) is 6.02. The van der Waals surface area contributed by atoms with E-state index in [1.807, 2.05) is 16.7 Å². The van der Waals surface area contributed by atoms with Gasteiger partial charge >= 0.3 is 0 Å². The Morgan fingerprint density at radius 2 is 1.96 bits per heavy atom. The molecule has 1 saturated carbocycles. The second-order valence-electron chi connectivity index (χ2n) is 6.99. The second-order valence-corrected chi connectivity index (χ2v) is 8.61. The fourth-order valence-electron chi connectivity index (χ4n) is 3.04. The molecule has 2 aromatic rings. The molecule has 1 heterocycles. The Morgan fingerprint density at radius 3 is 2.50 bits per heavy atom. The summed E-state index contributed by atoms with van der Waals surface area (Å²) >= 11 is 0. The molecular formula is C19H21FN4O3S. The first-order chi connectivity index (χ1) is 13.1. The van der Waals surface area contributed by atoms with Crippen LogP contribution in [-0.4, -0.2) is 36.9 Å². The first kappa shape index (κ1) is 19.9. The van der Waals surface area contributed by atoms with Gasteiger partial charge < -0.3 is 4.90 Å². The van der Waals surface area contributed by atoms with Crippen molar-refractivity contribution in [2.24, 2.45) is 0 Å². The minimum absolute atomic E-state index is 0.0839. The molecule has 1 aliphatic rings. The summed E-state index contributed by atoms with van der Waals surface area (Å²) in [7, 11) is -2.06. The highest BCUT2D eigenvalue weighted by Crippen LogP contribution is 2.40. The Morgan fingerprint density at radius 1 is 1.32 bits per heavy atom. The summed E-state index contributed by atoms with van der Waals surface area (Å²) in [4.78, 5) is 23.0. The van der Waals surface area contributed by atoms with Gasteiger partial charge in [0.1, 0.15) is 17.2 Å². The zero-order valence-corrected chi connectivity index (χ0v) is 16.5. The quantitative estimate of drug-likeness (QED) is 0.796. The zero-order chi connectivity index (χ0) is 20.5. The minimum Gasteiger partial charge on any atom is -0.352 e. The van der Waals surface area contributed by atoms with Crippen molar-refractivity contribution < 1.29 is 17.6 Å². The van der Waals surface area contributed by atoms with Crippen molar-refractivity contribution in [2.75, 3.05) is 11.9 Å². The van der Waals surface area contributed by atoms with Gasteiger partial charge in [-0.05, 0) is 50.5 Å². The lowest BCUT2D eigenvalue weighted by Crippen LogP contribution is -2.50. The monoisotopic (exact) mass is 404 g/mol. The van der Waals surface area contributed by atoms with Gasteiger partial charge in [-0.2, -0.15) is 0 Å². The average Bonchev–Trinajstić information content (AvgIpc) is 2.65. The number of rotatable bonds is 6. The molecule has 0 saturated heterocycles. The van der Waals surface area contributed by atoms with Gasteiger partial charge in [0.05, 0.1) is 6.20 Å². The molecule has 3 rings (SSSR count). The van der Waals surface area contributed by atoms with E-state index in [4.69, 9.17) is 0 Å². The number of hydrogen-bond donors (Lipinski definition) is 1. The smallest absolute Gasteiger partial charge is 0.285 e. The summed E-state index contributed by atoms with van der Waals surface area (Å²) in [5, 5.41) is 0.638. The van der Waals surface area contributed by atoms with Crippen LogP contribution in [0.25, 0.3) is 11.3 Å². The van der Waals surface area contributed by atoms with Crippen LogP contribution in [-0.2, 0) is 10.0 Å². The topological polar surface area (TPSA) is 92.3 Å². The Kier molecular flexibility index (Phi) is 5.20. The zero-order valence-electron chi connectivity index (χ0n) is 15.6. The van der Waals surface area contributed by atoms with Crippen LogP contribution >= 0.6 is 0 Å². The van der Waals surface area contributed by atoms with Gasteiger partial charge in [-0.25, -0.2) is 27.5 Å². The molecule has 0 bridgehead atoms. The Balaban J connectivity index is 2.06. The van der Waals surface area contributed by atoms with E-state index < -0.39 is 21.7 Å². The van der Waals surface area contributed by atoms with Crippen LogP contribution in [0.1, 0.15) is 36.7 Å². The van der Waals surface area contributed by atoms with Crippen LogP contribution in [0.2, 0.25) is 0 Å². The number of nitrogens with one attached hydrogen (secondary N) is 1. The molecule has 1 amide bonds. The lowest BCUT2D eigenvalue weighted by atomic mass is 9.77. The fourth-order valence-corrected chi connectivity index (χ4v) is 3.49. The number of hydrogen-bond acceptors (Lipinski definition) is 6. The lowest BCUT2D eigenvalue weighted by molar-refractivity contribution is 0.0976. The maximum atomic E-state index is 13.4. The van der Waals surface area contributed by atoms with E-state index in [2.05, 4.69) is 23.5 Å². The van der Waals surface area contributed by atoms with Crippen LogP contribution < -0.4 is 9.62 Å². The van der Waals surface area contributed by atoms with E-state index in [1.165, 1.54) is 18.3 Å². The number of carbonyl (C=O) groups excluding carboxylic acids is 1. The summed E-state index contributed by atoms with van der Waals surface area (Å²) < 4.78 is 38.4. The summed E-state index contributed by atoms with van der Waals surface area (Å²) in [6.07, 6.45) is 4.33. The van der Waals surface area contributed by atoms with E-state index in [0.717, 1.165) is 19.3 Å². The predicted octanol–water partition coefficient (Wildman–Crippen LogP) is 2.86. The van der Waals surface area contributed by atoms with Crippen molar-refractivity contribution in [1.29, 1.82) is 0 Å². The van der Waals surface area contributed by atoms with Crippen molar-refractivity contribution in [2.45, 2.75) is 31.7 Å². The van der Waals surface area contributed by atoms with E-state index in [0.29, 0.717) is 22.5 Å². The van der Waals surface area contributed by atoms with Crippen LogP contribution in [0.5, 0.6) is 0 Å². The van der Waals surface area contributed by atoms with Crippen LogP contribution in [0.3, 0.4) is 0 Å². The number of benzene rings is 1. The maximum absolute atomic E-state index is 13.4. The SMILES string of the molecule is C=CS(=O)(=O)NC(=O)c1cnc(N(C)C2(C)CCC2)c(-c2ccc(F)cc2)n1. The fraction of sp³-hybridized carbons (Fsp3) is 0.316. The average molecular weight is 404 g/mol. The molecule has 1 aliphatic carbocycles. The number of anilines is 1. The first-order valence-corrected chi connectivity index (χ1v) is 10.3. The van der Waals surface area contributed by atoms with Crippen LogP contribution in [0.15, 0.2) is 42.4 Å². The third kappa shape index (κ3) is 3.89. The van der Waals surface area contributed by atoms with Crippen molar-refractivity contribution in [3.8, 4) is 11.3 Å². The molecule has 0 radical (unpaired) electrons. The molecule has 0 aliphatic heterocycles. The number of aromatic nitrogens is 2. The van der Waals surface area contributed by atoms with Crippen LogP contribution in [0, 0.1) is 5.82 Å². The van der Waals surface area contributed by atoms with E-state index in [1.54, 1.807) is 12.1 Å². The molecule has 1 N–H and O–H groups in total. The van der Waals surface area contributed by atoms with E-state index in [-0.39, 0.29) is 11.2 Å². The van der Waals surface area contributed by atoms with Crippen molar-refractivity contribution >= 4 is 21.7 Å². The minimum atomic E-state index is -3.96. The van der Waals surface area contributed by atoms with Gasteiger partial charge in [-0.1, -0.05) is 6.58 Å². The summed E-state index contributed by atoms with van der Waals surface area (Å²) in [5.41, 5.74) is 0.694. The summed E-state index contributed by atoms with van der Waals surface area (Å²) in [6, 6.07) is 5.67.